The van der Waals surface area contributed by atoms with Gasteiger partial charge in [-0.1, -0.05) is 304 Å². The number of nitrogens with zero attached hydrogens (tertiary/aromatic N) is 1. The molecule has 0 aromatic carbocycles. The molecular weight excluding hydrogens is 1120 g/mol. The van der Waals surface area contributed by atoms with Crippen molar-refractivity contribution < 1.29 is 37.3 Å². The number of esters is 1. The number of nitrogens with one attached hydrogen (secondary N) is 1. The molecule has 0 aromatic heterocycles. The lowest BCUT2D eigenvalue weighted by Gasteiger charge is -2.27. The normalized spacial score (nSPS) is 14.1. The van der Waals surface area contributed by atoms with Crippen LogP contribution in [0, 0.1) is 0 Å². The summed E-state index contributed by atoms with van der Waals surface area (Å²) in [5, 5.41) is 3.07. The van der Waals surface area contributed by atoms with Gasteiger partial charge >= 0.3 is 13.8 Å². The first kappa shape index (κ1) is 85.7. The second-order valence-corrected chi connectivity index (χ2v) is 27.6. The number of rotatable bonds is 67. The zero-order chi connectivity index (χ0) is 64.9. The van der Waals surface area contributed by atoms with Crippen LogP contribution >= 0.6 is 7.82 Å². The molecule has 3 atom stereocenters. The lowest BCUT2D eigenvalue weighted by atomic mass is 10.0. The summed E-state index contributed by atoms with van der Waals surface area (Å²) in [4.78, 5) is 37.9. The van der Waals surface area contributed by atoms with Crippen LogP contribution in [0.1, 0.15) is 329 Å². The monoisotopic (exact) mass is 1260 g/mol. The highest BCUT2D eigenvalue weighted by Gasteiger charge is 2.30. The number of ether oxygens (including phenoxy) is 1. The molecule has 89 heavy (non-hydrogen) atoms. The van der Waals surface area contributed by atoms with Gasteiger partial charge in [0.05, 0.1) is 33.8 Å². The number of likely N-dealkylation sites (N-methyl/N-ethyl adjacent to an activating group) is 1. The van der Waals surface area contributed by atoms with Gasteiger partial charge in [-0.15, -0.1) is 0 Å². The first-order valence-corrected chi connectivity index (χ1v) is 38.7. The van der Waals surface area contributed by atoms with Gasteiger partial charge in [0.15, 0.2) is 0 Å². The molecule has 0 heterocycles. The topological polar surface area (TPSA) is 111 Å². The maximum absolute atomic E-state index is 13.6. The third-order valence-electron chi connectivity index (χ3n) is 16.2. The highest BCUT2D eigenvalue weighted by molar-refractivity contribution is 7.47. The molecule has 0 saturated carbocycles. The lowest BCUT2D eigenvalue weighted by molar-refractivity contribution is -0.870. The van der Waals surface area contributed by atoms with Gasteiger partial charge in [-0.3, -0.25) is 18.6 Å². The predicted molar refractivity (Wildman–Crippen MR) is 387 cm³/mol. The summed E-state index contributed by atoms with van der Waals surface area (Å²) in [6, 6.07) is -0.860. The van der Waals surface area contributed by atoms with Crippen LogP contribution in [0.15, 0.2) is 109 Å². The molecule has 0 radical (unpaired) electrons. The van der Waals surface area contributed by atoms with Crippen LogP contribution in [0.2, 0.25) is 0 Å². The van der Waals surface area contributed by atoms with E-state index in [1.165, 1.54) is 186 Å². The van der Waals surface area contributed by atoms with Crippen LogP contribution < -0.4 is 5.32 Å². The second-order valence-electron chi connectivity index (χ2n) is 26.1. The summed E-state index contributed by atoms with van der Waals surface area (Å²) in [5.74, 6) is -0.513. The lowest BCUT2D eigenvalue weighted by Crippen LogP contribution is -2.47. The van der Waals surface area contributed by atoms with E-state index in [0.717, 1.165) is 109 Å². The van der Waals surface area contributed by atoms with Crippen molar-refractivity contribution in [2.24, 2.45) is 0 Å². The summed E-state index contributed by atoms with van der Waals surface area (Å²) in [5.41, 5.74) is 0. The van der Waals surface area contributed by atoms with E-state index in [9.17, 15) is 19.0 Å². The Kier molecular flexibility index (Phi) is 65.0. The Bertz CT molecular complexity index is 1890. The fourth-order valence-electron chi connectivity index (χ4n) is 10.4. The fourth-order valence-corrected chi connectivity index (χ4v) is 11.2. The van der Waals surface area contributed by atoms with Crippen LogP contribution in [-0.2, 0) is 27.9 Å². The molecule has 0 bridgehead atoms. The Morgan fingerprint density at radius 2 is 0.685 bits per heavy atom. The molecule has 514 valence electrons. The highest BCUT2D eigenvalue weighted by atomic mass is 31.2. The molecule has 9 nitrogen and oxygen atoms in total. The molecule has 1 amide bonds. The third-order valence-corrected chi connectivity index (χ3v) is 17.2. The van der Waals surface area contributed by atoms with Crippen molar-refractivity contribution in [1.82, 2.24) is 5.32 Å². The van der Waals surface area contributed by atoms with Crippen molar-refractivity contribution >= 4 is 19.7 Å². The van der Waals surface area contributed by atoms with Gasteiger partial charge in [-0.05, 0) is 122 Å². The molecule has 0 aliphatic heterocycles. The van der Waals surface area contributed by atoms with Crippen LogP contribution in [0.3, 0.4) is 0 Å². The second kappa shape index (κ2) is 67.6. The molecule has 0 fully saturated rings. The van der Waals surface area contributed by atoms with E-state index in [0.29, 0.717) is 17.4 Å². The summed E-state index contributed by atoms with van der Waals surface area (Å²) < 4.78 is 30.8. The Balaban J connectivity index is 5.00. The number of hydrogen-bond acceptors (Lipinski definition) is 6. The van der Waals surface area contributed by atoms with Gasteiger partial charge < -0.3 is 19.4 Å². The van der Waals surface area contributed by atoms with Gasteiger partial charge in [0.2, 0.25) is 5.91 Å². The zero-order valence-electron chi connectivity index (χ0n) is 58.9. The molecule has 0 aliphatic carbocycles. The Morgan fingerprint density at radius 3 is 1.04 bits per heavy atom. The predicted octanol–water partition coefficient (Wildman–Crippen LogP) is 24.0. The van der Waals surface area contributed by atoms with E-state index in [1.807, 2.05) is 33.3 Å². The number of amides is 1. The van der Waals surface area contributed by atoms with Gasteiger partial charge in [-0.2, -0.15) is 0 Å². The minimum absolute atomic E-state index is 0.0342. The average molecular weight is 1260 g/mol. The molecule has 2 N–H and O–H groups in total. The van der Waals surface area contributed by atoms with Crippen molar-refractivity contribution in [2.45, 2.75) is 341 Å². The minimum atomic E-state index is -4.46. The molecule has 3 unspecified atom stereocenters. The minimum Gasteiger partial charge on any atom is -0.456 e. The summed E-state index contributed by atoms with van der Waals surface area (Å²) in [6.07, 6.45) is 93.9. The van der Waals surface area contributed by atoms with Crippen LogP contribution in [0.4, 0.5) is 0 Å². The van der Waals surface area contributed by atoms with Crippen molar-refractivity contribution in [3.8, 4) is 0 Å². The molecule has 0 aromatic rings. The van der Waals surface area contributed by atoms with Crippen molar-refractivity contribution in [2.75, 3.05) is 40.9 Å². The smallest absolute Gasteiger partial charge is 0.456 e. The molecule has 0 aliphatic rings. The van der Waals surface area contributed by atoms with Gasteiger partial charge in [0, 0.05) is 12.8 Å². The molecule has 0 saturated heterocycles. The fraction of sp³-hybridized carbons (Fsp3) is 0.747. The SMILES string of the molecule is CCCCC/C=C\C/C=C\C/C=C\C/C=C\CCCCCCCCCCCCCC(=O)NC(COP(=O)(O)OCC[N+](C)(C)C)C(/C=C/CCCCCCCCCCC)OC(=O)CCCCCCCCCCC/C=C\C/C=C\C/C=C\C/C=C\CCCCC. The highest BCUT2D eigenvalue weighted by Crippen LogP contribution is 2.43. The number of carbonyl (C=O) groups is 2. The number of phosphoric ester groups is 1. The van der Waals surface area contributed by atoms with E-state index < -0.39 is 20.0 Å². The van der Waals surface area contributed by atoms with Gasteiger partial charge in [-0.25, -0.2) is 4.57 Å². The van der Waals surface area contributed by atoms with Crippen LogP contribution in [0.25, 0.3) is 0 Å². The van der Waals surface area contributed by atoms with E-state index in [4.69, 9.17) is 13.8 Å². The molecule has 10 heteroatoms. The first-order chi connectivity index (χ1) is 43.4. The van der Waals surface area contributed by atoms with E-state index in [2.05, 4.69) is 123 Å². The Labute approximate surface area is 551 Å². The molecule has 0 spiro atoms. The Hall–Kier alpha value is -3.33. The number of carbonyl (C=O) groups excluding carboxylic acids is 2. The maximum Gasteiger partial charge on any atom is 0.472 e. The Morgan fingerprint density at radius 1 is 0.393 bits per heavy atom. The molecule has 0 rings (SSSR count). The maximum atomic E-state index is 13.6. The van der Waals surface area contributed by atoms with Crippen molar-refractivity contribution in [1.29, 1.82) is 0 Å². The number of hydrogen-bond donors (Lipinski definition) is 2. The number of unbranched alkanes of at least 4 members (excludes halogenated alkanes) is 35. The van der Waals surface area contributed by atoms with Gasteiger partial charge in [0.25, 0.3) is 0 Å². The average Bonchev–Trinajstić information content (AvgIpc) is 3.70. The van der Waals surface area contributed by atoms with E-state index >= 15 is 0 Å². The number of quaternary nitrogens is 1. The van der Waals surface area contributed by atoms with Crippen LogP contribution in [0.5, 0.6) is 0 Å². The van der Waals surface area contributed by atoms with Crippen molar-refractivity contribution in [3.05, 3.63) is 109 Å². The summed E-state index contributed by atoms with van der Waals surface area (Å²) in [7, 11) is 1.48. The zero-order valence-corrected chi connectivity index (χ0v) is 59.8. The summed E-state index contributed by atoms with van der Waals surface area (Å²) in [6.45, 7) is 6.96. The van der Waals surface area contributed by atoms with Crippen molar-refractivity contribution in [3.63, 3.8) is 0 Å². The first-order valence-electron chi connectivity index (χ1n) is 37.2. The van der Waals surface area contributed by atoms with Crippen LogP contribution in [-0.4, -0.2) is 74.3 Å². The number of phosphoric acid groups is 1. The van der Waals surface area contributed by atoms with Gasteiger partial charge in [0.1, 0.15) is 19.3 Å². The summed E-state index contributed by atoms with van der Waals surface area (Å²) >= 11 is 0. The van der Waals surface area contributed by atoms with E-state index in [1.54, 1.807) is 0 Å². The standard InChI is InChI=1S/C79H141N2O7P/c1-7-10-13-16-19-22-25-27-29-31-33-35-37-39-40-42-43-45-47-49-51-53-56-59-62-65-68-71-78(82)80-76(75-87-89(84,85)86-74-73-81(4,5)6)77(70-67-64-61-58-55-24-21-18-15-12-9-3)88-79(83)72-69-66-63-60-57-54-52-50-48-46-44-41-38-36-34-32-30-28-26-23-20-17-14-11-8-2/h19-20,22-23,27-30,33-36,39-41,44,67,70,76-77H,7-18,21,24-26,31-32,37-38,42-43,45-66,68-69,71-75H2,1-6H3,(H-,80,82,84,85)/p+1/b22-19-,23-20-,29-27-,30-28-,35-33-,36-34-,40-39-,44-41-,70-67+. The third kappa shape index (κ3) is 68.9. The quantitative estimate of drug-likeness (QED) is 0.0205. The molecular formula is C79H142N2O7P+. The largest absolute Gasteiger partial charge is 0.472 e. The number of allylic oxidation sites excluding steroid dienone is 17. The van der Waals surface area contributed by atoms with E-state index in [-0.39, 0.29) is 31.5 Å².